The fourth-order valence-electron chi connectivity index (χ4n) is 2.89. The first-order valence-corrected chi connectivity index (χ1v) is 8.42. The van der Waals surface area contributed by atoms with Crippen LogP contribution in [0.1, 0.15) is 45.2 Å². The highest BCUT2D eigenvalue weighted by atomic mass is 16.5. The van der Waals surface area contributed by atoms with E-state index in [1.807, 2.05) is 45.0 Å². The molecule has 2 amide bonds. The highest BCUT2D eigenvalue weighted by molar-refractivity contribution is 5.74. The third-order valence-electron chi connectivity index (χ3n) is 4.13. The van der Waals surface area contributed by atoms with Crippen LogP contribution in [0.15, 0.2) is 24.3 Å². The molecule has 128 valence electrons. The molecular weight excluding hydrogens is 292 g/mol. The number of piperidine rings is 1. The first-order valence-electron chi connectivity index (χ1n) is 8.42. The van der Waals surface area contributed by atoms with Crippen LogP contribution < -0.4 is 10.1 Å². The van der Waals surface area contributed by atoms with E-state index in [1.165, 1.54) is 0 Å². The van der Waals surface area contributed by atoms with E-state index in [4.69, 9.17) is 4.74 Å². The summed E-state index contributed by atoms with van der Waals surface area (Å²) in [6.45, 7) is 7.49. The van der Waals surface area contributed by atoms with Crippen molar-refractivity contribution in [1.29, 1.82) is 0 Å². The molecule has 23 heavy (non-hydrogen) atoms. The maximum absolute atomic E-state index is 12.4. The van der Waals surface area contributed by atoms with Gasteiger partial charge in [0.1, 0.15) is 5.75 Å². The van der Waals surface area contributed by atoms with Crippen molar-refractivity contribution >= 4 is 6.03 Å². The highest BCUT2D eigenvalue weighted by Gasteiger charge is 2.24. The predicted molar refractivity (Wildman–Crippen MR) is 90.5 cm³/mol. The molecule has 1 aliphatic heterocycles. The van der Waals surface area contributed by atoms with Crippen LogP contribution in [-0.4, -0.2) is 41.8 Å². The molecule has 0 radical (unpaired) electrons. The largest absolute Gasteiger partial charge is 0.491 e. The minimum absolute atomic E-state index is 0.0640. The van der Waals surface area contributed by atoms with Gasteiger partial charge in [-0.1, -0.05) is 12.1 Å². The number of urea groups is 1. The van der Waals surface area contributed by atoms with Crippen molar-refractivity contribution in [1.82, 2.24) is 10.2 Å². The molecule has 2 N–H and O–H groups in total. The Balaban J connectivity index is 1.95. The zero-order valence-corrected chi connectivity index (χ0v) is 14.3. The predicted octanol–water partition coefficient (Wildman–Crippen LogP) is 2.95. The number of carbonyl (C=O) groups excluding carboxylic acids is 1. The van der Waals surface area contributed by atoms with Crippen LogP contribution in [0.4, 0.5) is 4.79 Å². The lowest BCUT2D eigenvalue weighted by Gasteiger charge is -2.32. The summed E-state index contributed by atoms with van der Waals surface area (Å²) >= 11 is 0. The Morgan fingerprint density at radius 3 is 2.91 bits per heavy atom. The Morgan fingerprint density at radius 1 is 1.43 bits per heavy atom. The molecule has 1 aromatic rings. The van der Waals surface area contributed by atoms with Crippen LogP contribution >= 0.6 is 0 Å². The number of ether oxygens (including phenoxy) is 1. The number of aliphatic hydroxyl groups is 1. The Hall–Kier alpha value is -1.75. The van der Waals surface area contributed by atoms with E-state index < -0.39 is 0 Å². The molecular formula is C18H28N2O3. The van der Waals surface area contributed by atoms with Gasteiger partial charge in [0.2, 0.25) is 0 Å². The number of benzene rings is 1. The van der Waals surface area contributed by atoms with Crippen LogP contribution in [0, 0.1) is 5.92 Å². The Bertz CT molecular complexity index is 519. The van der Waals surface area contributed by atoms with Gasteiger partial charge in [-0.2, -0.15) is 0 Å². The second kappa shape index (κ2) is 8.20. The minimum atomic E-state index is -0.0901. The summed E-state index contributed by atoms with van der Waals surface area (Å²) in [4.78, 5) is 14.2. The third-order valence-corrected chi connectivity index (χ3v) is 4.13. The smallest absolute Gasteiger partial charge is 0.317 e. The van der Waals surface area contributed by atoms with Gasteiger partial charge in [-0.25, -0.2) is 4.79 Å². The molecule has 0 bridgehead atoms. The third kappa shape index (κ3) is 5.13. The molecule has 0 aliphatic carbocycles. The molecule has 2 rings (SSSR count). The quantitative estimate of drug-likeness (QED) is 0.877. The average molecular weight is 320 g/mol. The fraction of sp³-hybridized carbons (Fsp3) is 0.611. The molecule has 5 nitrogen and oxygen atoms in total. The van der Waals surface area contributed by atoms with Crippen LogP contribution in [0.2, 0.25) is 0 Å². The normalized spacial score (nSPS) is 19.5. The van der Waals surface area contributed by atoms with Gasteiger partial charge in [0.25, 0.3) is 0 Å². The van der Waals surface area contributed by atoms with E-state index in [-0.39, 0.29) is 30.7 Å². The summed E-state index contributed by atoms with van der Waals surface area (Å²) in [5.41, 5.74) is 1.02. The number of likely N-dealkylation sites (tertiary alicyclic amines) is 1. The Morgan fingerprint density at radius 2 is 2.22 bits per heavy atom. The molecule has 2 unspecified atom stereocenters. The van der Waals surface area contributed by atoms with Crippen LogP contribution in [0.5, 0.6) is 5.75 Å². The lowest BCUT2D eigenvalue weighted by Crippen LogP contribution is -2.46. The van der Waals surface area contributed by atoms with E-state index >= 15 is 0 Å². The number of rotatable bonds is 5. The second-order valence-electron chi connectivity index (χ2n) is 6.55. The molecule has 1 aromatic carbocycles. The summed E-state index contributed by atoms with van der Waals surface area (Å²) < 4.78 is 5.70. The standard InChI is InChI=1S/C18H28N2O3/c1-13(2)23-17-8-4-7-16(10-17)14(3)19-18(22)20-9-5-6-15(11-20)12-21/h4,7-8,10,13-15,21H,5-6,9,11-12H2,1-3H3,(H,19,22). The maximum Gasteiger partial charge on any atom is 0.317 e. The summed E-state index contributed by atoms with van der Waals surface area (Å²) in [7, 11) is 0. The molecule has 5 heteroatoms. The molecule has 1 fully saturated rings. The summed E-state index contributed by atoms with van der Waals surface area (Å²) in [5, 5.41) is 12.3. The van der Waals surface area contributed by atoms with Gasteiger partial charge in [0.05, 0.1) is 12.1 Å². The van der Waals surface area contributed by atoms with Crippen molar-refractivity contribution in [3.05, 3.63) is 29.8 Å². The molecule has 0 aromatic heterocycles. The first-order chi connectivity index (χ1) is 11.0. The lowest BCUT2D eigenvalue weighted by molar-refractivity contribution is 0.128. The van der Waals surface area contributed by atoms with Crippen molar-refractivity contribution < 1.29 is 14.6 Å². The van der Waals surface area contributed by atoms with E-state index in [1.54, 1.807) is 4.90 Å². The van der Waals surface area contributed by atoms with Gasteiger partial charge in [-0.05, 0) is 57.2 Å². The topological polar surface area (TPSA) is 61.8 Å². The summed E-state index contributed by atoms with van der Waals surface area (Å²) in [6, 6.07) is 7.67. The van der Waals surface area contributed by atoms with E-state index in [0.717, 1.165) is 30.7 Å². The van der Waals surface area contributed by atoms with Crippen LogP contribution in [0.25, 0.3) is 0 Å². The van der Waals surface area contributed by atoms with Crippen molar-refractivity contribution in [3.63, 3.8) is 0 Å². The molecule has 0 spiro atoms. The molecule has 1 heterocycles. The van der Waals surface area contributed by atoms with Crippen LogP contribution in [-0.2, 0) is 0 Å². The summed E-state index contributed by atoms with van der Waals surface area (Å²) in [5.74, 6) is 1.02. The average Bonchev–Trinajstić information content (AvgIpc) is 2.54. The van der Waals surface area contributed by atoms with Gasteiger partial charge >= 0.3 is 6.03 Å². The molecule has 1 saturated heterocycles. The van der Waals surface area contributed by atoms with Crippen molar-refractivity contribution in [2.24, 2.45) is 5.92 Å². The number of aliphatic hydroxyl groups excluding tert-OH is 1. The van der Waals surface area contributed by atoms with Crippen LogP contribution in [0.3, 0.4) is 0 Å². The van der Waals surface area contributed by atoms with Gasteiger partial charge in [0, 0.05) is 19.7 Å². The second-order valence-corrected chi connectivity index (χ2v) is 6.55. The van der Waals surface area contributed by atoms with Gasteiger partial charge in [-0.3, -0.25) is 0 Å². The minimum Gasteiger partial charge on any atom is -0.491 e. The maximum atomic E-state index is 12.4. The number of hydrogen-bond donors (Lipinski definition) is 2. The van der Waals surface area contributed by atoms with Crippen molar-refractivity contribution in [2.75, 3.05) is 19.7 Å². The molecule has 1 aliphatic rings. The number of nitrogens with zero attached hydrogens (tertiary/aromatic N) is 1. The number of carbonyl (C=O) groups is 1. The SMILES string of the molecule is CC(C)Oc1cccc(C(C)NC(=O)N2CCCC(CO)C2)c1. The highest BCUT2D eigenvalue weighted by Crippen LogP contribution is 2.21. The van der Waals surface area contributed by atoms with Gasteiger partial charge in [-0.15, -0.1) is 0 Å². The van der Waals surface area contributed by atoms with Gasteiger partial charge < -0.3 is 20.1 Å². The number of nitrogens with one attached hydrogen (secondary N) is 1. The fourth-order valence-corrected chi connectivity index (χ4v) is 2.89. The summed E-state index contributed by atoms with van der Waals surface area (Å²) in [6.07, 6.45) is 2.06. The van der Waals surface area contributed by atoms with E-state index in [9.17, 15) is 9.90 Å². The monoisotopic (exact) mass is 320 g/mol. The number of amides is 2. The van der Waals surface area contributed by atoms with Gasteiger partial charge in [0.15, 0.2) is 0 Å². The first kappa shape index (κ1) is 17.6. The van der Waals surface area contributed by atoms with Crippen molar-refractivity contribution in [3.8, 4) is 5.75 Å². The Labute approximate surface area is 138 Å². The lowest BCUT2D eigenvalue weighted by atomic mass is 9.99. The molecule has 2 atom stereocenters. The van der Waals surface area contributed by atoms with E-state index in [0.29, 0.717) is 6.54 Å². The Kier molecular flexibility index (Phi) is 6.28. The van der Waals surface area contributed by atoms with E-state index in [2.05, 4.69) is 5.32 Å². The van der Waals surface area contributed by atoms with Crippen molar-refractivity contribution in [2.45, 2.75) is 45.8 Å². The zero-order chi connectivity index (χ0) is 16.8. The zero-order valence-electron chi connectivity index (χ0n) is 14.3. The number of hydrogen-bond acceptors (Lipinski definition) is 3. The molecule has 0 saturated carbocycles.